The van der Waals surface area contributed by atoms with E-state index < -0.39 is 6.04 Å². The van der Waals surface area contributed by atoms with Gasteiger partial charge in [-0.1, -0.05) is 0 Å². The van der Waals surface area contributed by atoms with Crippen LogP contribution in [0.4, 0.5) is 0 Å². The van der Waals surface area contributed by atoms with Crippen LogP contribution in [0.2, 0.25) is 0 Å². The normalized spacial score (nSPS) is 10.4. The zero-order valence-corrected chi connectivity index (χ0v) is 11.8. The van der Waals surface area contributed by atoms with Crippen LogP contribution < -0.4 is 14.8 Å². The molecule has 112 valence electrons. The topological polar surface area (TPSA) is 88.0 Å². The Hall–Kier alpha value is -1.79. The van der Waals surface area contributed by atoms with Gasteiger partial charge in [0.2, 0.25) is 0 Å². The van der Waals surface area contributed by atoms with Crippen LogP contribution in [0.25, 0.3) is 0 Å². The third kappa shape index (κ3) is 4.40. The molecule has 0 heterocycles. The van der Waals surface area contributed by atoms with Crippen LogP contribution in [-0.2, 0) is 0 Å². The first-order valence-corrected chi connectivity index (χ1v) is 6.58. The van der Waals surface area contributed by atoms with Crippen LogP contribution in [-0.4, -0.2) is 48.6 Å². The second-order valence-corrected chi connectivity index (χ2v) is 4.06. The number of hydrogen-bond acceptors (Lipinski definition) is 5. The van der Waals surface area contributed by atoms with Crippen molar-refractivity contribution in [3.8, 4) is 11.5 Å². The third-order valence-electron chi connectivity index (χ3n) is 2.58. The number of ether oxygens (including phenoxy) is 2. The van der Waals surface area contributed by atoms with Crippen molar-refractivity contribution in [2.45, 2.75) is 19.9 Å². The molecule has 0 aliphatic rings. The van der Waals surface area contributed by atoms with Gasteiger partial charge < -0.3 is 25.0 Å². The van der Waals surface area contributed by atoms with Crippen molar-refractivity contribution in [2.24, 2.45) is 0 Å². The van der Waals surface area contributed by atoms with Crippen molar-refractivity contribution in [3.05, 3.63) is 23.8 Å². The zero-order valence-electron chi connectivity index (χ0n) is 11.8. The van der Waals surface area contributed by atoms with Gasteiger partial charge in [-0.15, -0.1) is 0 Å². The number of carbonyl (C=O) groups excluding carboxylic acids is 1. The van der Waals surface area contributed by atoms with Gasteiger partial charge in [-0.05, 0) is 32.0 Å². The highest BCUT2D eigenvalue weighted by molar-refractivity contribution is 5.95. The van der Waals surface area contributed by atoms with Gasteiger partial charge in [0, 0.05) is 5.56 Å². The third-order valence-corrected chi connectivity index (χ3v) is 2.58. The fourth-order valence-electron chi connectivity index (χ4n) is 1.61. The molecule has 0 aliphatic heterocycles. The van der Waals surface area contributed by atoms with Crippen LogP contribution in [0.3, 0.4) is 0 Å². The molecule has 0 unspecified atom stereocenters. The monoisotopic (exact) mass is 283 g/mol. The molecule has 0 aliphatic carbocycles. The van der Waals surface area contributed by atoms with Crippen molar-refractivity contribution in [1.29, 1.82) is 0 Å². The quantitative estimate of drug-likeness (QED) is 0.649. The van der Waals surface area contributed by atoms with Gasteiger partial charge in [0.1, 0.15) is 0 Å². The van der Waals surface area contributed by atoms with Gasteiger partial charge in [0.15, 0.2) is 11.5 Å². The number of aliphatic hydroxyl groups excluding tert-OH is 2. The van der Waals surface area contributed by atoms with Gasteiger partial charge in [-0.3, -0.25) is 4.79 Å². The van der Waals surface area contributed by atoms with E-state index in [-0.39, 0.29) is 19.1 Å². The van der Waals surface area contributed by atoms with Crippen molar-refractivity contribution < 1.29 is 24.5 Å². The van der Waals surface area contributed by atoms with E-state index in [1.54, 1.807) is 18.2 Å². The molecular formula is C14H21NO5. The fraction of sp³-hybridized carbons (Fsp3) is 0.500. The maximum atomic E-state index is 12.0. The number of nitrogens with one attached hydrogen (secondary N) is 1. The molecule has 20 heavy (non-hydrogen) atoms. The predicted molar refractivity (Wildman–Crippen MR) is 74.2 cm³/mol. The molecule has 6 heteroatoms. The Balaban J connectivity index is 2.89. The second-order valence-electron chi connectivity index (χ2n) is 4.06. The molecule has 1 rings (SSSR count). The number of aliphatic hydroxyl groups is 2. The summed E-state index contributed by atoms with van der Waals surface area (Å²) in [4.78, 5) is 12.0. The maximum absolute atomic E-state index is 12.0. The lowest BCUT2D eigenvalue weighted by Crippen LogP contribution is -2.40. The van der Waals surface area contributed by atoms with E-state index in [9.17, 15) is 4.79 Å². The summed E-state index contributed by atoms with van der Waals surface area (Å²) < 4.78 is 10.8. The van der Waals surface area contributed by atoms with E-state index in [0.29, 0.717) is 30.3 Å². The summed E-state index contributed by atoms with van der Waals surface area (Å²) in [6.07, 6.45) is 0. The minimum absolute atomic E-state index is 0.322. The number of carbonyl (C=O) groups is 1. The first-order chi connectivity index (χ1) is 9.65. The van der Waals surface area contributed by atoms with Gasteiger partial charge in [-0.2, -0.15) is 0 Å². The molecule has 1 aromatic carbocycles. The number of amides is 1. The van der Waals surface area contributed by atoms with Gasteiger partial charge in [0.05, 0.1) is 32.5 Å². The van der Waals surface area contributed by atoms with Crippen LogP contribution >= 0.6 is 0 Å². The zero-order chi connectivity index (χ0) is 15.0. The van der Waals surface area contributed by atoms with E-state index in [0.717, 1.165) is 0 Å². The Morgan fingerprint density at radius 2 is 1.75 bits per heavy atom. The van der Waals surface area contributed by atoms with Crippen LogP contribution in [0.15, 0.2) is 18.2 Å². The summed E-state index contributed by atoms with van der Waals surface area (Å²) in [5.74, 6) is 0.681. The molecular weight excluding hydrogens is 262 g/mol. The molecule has 0 fully saturated rings. The molecule has 1 aromatic rings. The molecule has 0 spiro atoms. The molecule has 6 nitrogen and oxygen atoms in total. The smallest absolute Gasteiger partial charge is 0.251 e. The van der Waals surface area contributed by atoms with Crippen molar-refractivity contribution in [3.63, 3.8) is 0 Å². The standard InChI is InChI=1S/C14H21NO5/c1-3-19-12-6-5-10(7-13(12)20-4-2)14(18)15-11(8-16)9-17/h5-7,11,16-17H,3-4,8-9H2,1-2H3,(H,15,18). The molecule has 0 atom stereocenters. The highest BCUT2D eigenvalue weighted by Gasteiger charge is 2.14. The Kier molecular flexibility index (Phi) is 6.83. The summed E-state index contributed by atoms with van der Waals surface area (Å²) in [5.41, 5.74) is 0.379. The molecule has 3 N–H and O–H groups in total. The van der Waals surface area contributed by atoms with E-state index in [4.69, 9.17) is 19.7 Å². The number of hydrogen-bond donors (Lipinski definition) is 3. The SMILES string of the molecule is CCOc1ccc(C(=O)NC(CO)CO)cc1OCC. The Morgan fingerprint density at radius 1 is 1.15 bits per heavy atom. The largest absolute Gasteiger partial charge is 0.490 e. The highest BCUT2D eigenvalue weighted by Crippen LogP contribution is 2.28. The molecule has 0 saturated carbocycles. The number of rotatable bonds is 8. The molecule has 1 amide bonds. The summed E-state index contributed by atoms with van der Waals surface area (Å²) in [6.45, 7) is 4.03. The van der Waals surface area contributed by atoms with Crippen molar-refractivity contribution in [2.75, 3.05) is 26.4 Å². The predicted octanol–water partition coefficient (Wildman–Crippen LogP) is 0.567. The lowest BCUT2D eigenvalue weighted by molar-refractivity contribution is 0.0879. The second kappa shape index (κ2) is 8.39. The fourth-order valence-corrected chi connectivity index (χ4v) is 1.61. The van der Waals surface area contributed by atoms with Crippen LogP contribution in [0.5, 0.6) is 11.5 Å². The van der Waals surface area contributed by atoms with Crippen LogP contribution in [0.1, 0.15) is 24.2 Å². The van der Waals surface area contributed by atoms with Gasteiger partial charge in [0.25, 0.3) is 5.91 Å². The molecule has 0 aromatic heterocycles. The van der Waals surface area contributed by atoms with E-state index in [1.807, 2.05) is 13.8 Å². The minimum Gasteiger partial charge on any atom is -0.490 e. The van der Waals surface area contributed by atoms with Crippen molar-refractivity contribution in [1.82, 2.24) is 5.32 Å². The average molecular weight is 283 g/mol. The van der Waals surface area contributed by atoms with E-state index in [2.05, 4.69) is 5.32 Å². The molecule has 0 bridgehead atoms. The summed E-state index contributed by atoms with van der Waals surface area (Å²) in [7, 11) is 0. The van der Waals surface area contributed by atoms with E-state index >= 15 is 0 Å². The Morgan fingerprint density at radius 3 is 2.30 bits per heavy atom. The summed E-state index contributed by atoms with van der Waals surface area (Å²) >= 11 is 0. The first-order valence-electron chi connectivity index (χ1n) is 6.58. The van der Waals surface area contributed by atoms with Gasteiger partial charge >= 0.3 is 0 Å². The maximum Gasteiger partial charge on any atom is 0.251 e. The summed E-state index contributed by atoms with van der Waals surface area (Å²) in [5, 5.41) is 20.4. The molecule has 0 saturated heterocycles. The van der Waals surface area contributed by atoms with Gasteiger partial charge in [-0.25, -0.2) is 0 Å². The number of benzene rings is 1. The molecule has 0 radical (unpaired) electrons. The Bertz CT molecular complexity index is 432. The highest BCUT2D eigenvalue weighted by atomic mass is 16.5. The average Bonchev–Trinajstić information content (AvgIpc) is 2.46. The summed E-state index contributed by atoms with van der Waals surface area (Å²) in [6, 6.07) is 4.17. The lowest BCUT2D eigenvalue weighted by Gasteiger charge is -2.15. The van der Waals surface area contributed by atoms with Crippen molar-refractivity contribution >= 4 is 5.91 Å². The van der Waals surface area contributed by atoms with Crippen LogP contribution in [0, 0.1) is 0 Å². The minimum atomic E-state index is -0.676. The Labute approximate surface area is 118 Å². The first kappa shape index (κ1) is 16.3. The van der Waals surface area contributed by atoms with E-state index in [1.165, 1.54) is 0 Å². The lowest BCUT2D eigenvalue weighted by atomic mass is 10.1.